The lowest BCUT2D eigenvalue weighted by molar-refractivity contribution is -0.153. The fourth-order valence-corrected chi connectivity index (χ4v) is 3.05. The number of fused-ring (bicyclic) bond motifs is 1. The number of benzene rings is 1. The van der Waals surface area contributed by atoms with Gasteiger partial charge in [-0.2, -0.15) is 0 Å². The predicted octanol–water partition coefficient (Wildman–Crippen LogP) is 2.66. The van der Waals surface area contributed by atoms with Crippen LogP contribution in [0, 0.1) is 11.8 Å². The Morgan fingerprint density at radius 3 is 2.90 bits per heavy atom. The summed E-state index contributed by atoms with van der Waals surface area (Å²) in [4.78, 5) is 24.7. The van der Waals surface area contributed by atoms with E-state index in [-0.39, 0.29) is 11.7 Å². The molecule has 0 fully saturated rings. The van der Waals surface area contributed by atoms with Crippen molar-refractivity contribution in [3.63, 3.8) is 0 Å². The molecule has 2 atom stereocenters. The highest BCUT2D eigenvalue weighted by Gasteiger charge is 2.42. The highest BCUT2D eigenvalue weighted by molar-refractivity contribution is 6.10. The van der Waals surface area contributed by atoms with E-state index in [0.717, 1.165) is 11.3 Å². The summed E-state index contributed by atoms with van der Waals surface area (Å²) in [6, 6.07) is 7.70. The molecule has 0 spiro atoms. The zero-order valence-corrected chi connectivity index (χ0v) is 12.2. The molecule has 4 heteroatoms. The van der Waals surface area contributed by atoms with Gasteiger partial charge in [0.1, 0.15) is 17.4 Å². The molecule has 0 aromatic heterocycles. The second kappa shape index (κ2) is 5.35. The zero-order chi connectivity index (χ0) is 15.0. The SMILES string of the molecule is CCOC(=O)[C@H]1C(=O)C2=C(C[C@@H]1C)Oc1ccccc1C2. The Hall–Kier alpha value is -2.10. The molecule has 0 N–H and O–H groups in total. The summed E-state index contributed by atoms with van der Waals surface area (Å²) in [5.41, 5.74) is 1.62. The summed E-state index contributed by atoms with van der Waals surface area (Å²) in [6.07, 6.45) is 1.13. The fourth-order valence-electron chi connectivity index (χ4n) is 3.05. The first kappa shape index (κ1) is 13.9. The Kier molecular flexibility index (Phi) is 3.53. The molecule has 0 radical (unpaired) electrons. The molecule has 110 valence electrons. The van der Waals surface area contributed by atoms with Crippen LogP contribution in [0.3, 0.4) is 0 Å². The molecule has 21 heavy (non-hydrogen) atoms. The molecule has 0 saturated heterocycles. The van der Waals surface area contributed by atoms with Gasteiger partial charge in [-0.15, -0.1) is 0 Å². The molecule has 1 heterocycles. The molecule has 4 nitrogen and oxygen atoms in total. The number of Topliss-reactive ketones (excluding diaryl/α,β-unsaturated/α-hetero) is 1. The molecular formula is C17H18O4. The third-order valence-corrected chi connectivity index (χ3v) is 4.11. The standard InChI is InChI=1S/C17H18O4/c1-3-20-17(19)15-10(2)8-14-12(16(15)18)9-11-6-4-5-7-13(11)21-14/h4-7,10,15H,3,8-9H2,1-2H3/t10-,15+/m0/s1. The van der Waals surface area contributed by atoms with Crippen molar-refractivity contribution < 1.29 is 19.1 Å². The molecule has 0 unspecified atom stereocenters. The maximum absolute atomic E-state index is 12.7. The number of ketones is 1. The predicted molar refractivity (Wildman–Crippen MR) is 76.7 cm³/mol. The van der Waals surface area contributed by atoms with E-state index in [1.807, 2.05) is 31.2 Å². The van der Waals surface area contributed by atoms with Gasteiger partial charge < -0.3 is 9.47 Å². The molecule has 1 aliphatic carbocycles. The van der Waals surface area contributed by atoms with E-state index in [0.29, 0.717) is 30.8 Å². The van der Waals surface area contributed by atoms with Crippen molar-refractivity contribution in [2.75, 3.05) is 6.61 Å². The average molecular weight is 286 g/mol. The zero-order valence-electron chi connectivity index (χ0n) is 12.2. The van der Waals surface area contributed by atoms with Crippen LogP contribution in [0.4, 0.5) is 0 Å². The summed E-state index contributed by atoms with van der Waals surface area (Å²) >= 11 is 0. The van der Waals surface area contributed by atoms with Gasteiger partial charge in [0.05, 0.1) is 6.61 Å². The molecule has 1 aromatic carbocycles. The number of allylic oxidation sites excluding steroid dienone is 2. The van der Waals surface area contributed by atoms with Gasteiger partial charge in [-0.3, -0.25) is 9.59 Å². The molecule has 3 rings (SSSR count). The molecule has 2 aliphatic rings. The lowest BCUT2D eigenvalue weighted by Gasteiger charge is -2.32. The maximum atomic E-state index is 12.7. The van der Waals surface area contributed by atoms with Crippen LogP contribution in [-0.2, 0) is 20.7 Å². The van der Waals surface area contributed by atoms with Gasteiger partial charge in [0.15, 0.2) is 5.78 Å². The van der Waals surface area contributed by atoms with Gasteiger partial charge >= 0.3 is 5.97 Å². The quantitative estimate of drug-likeness (QED) is 0.619. The van der Waals surface area contributed by atoms with E-state index in [1.54, 1.807) is 6.92 Å². The van der Waals surface area contributed by atoms with Crippen molar-refractivity contribution in [1.29, 1.82) is 0 Å². The van der Waals surface area contributed by atoms with Crippen LogP contribution in [0.5, 0.6) is 5.75 Å². The first-order chi connectivity index (χ1) is 10.1. The normalized spacial score (nSPS) is 24.0. The largest absolute Gasteiger partial charge is 0.465 e. The fraction of sp³-hybridized carbons (Fsp3) is 0.412. The van der Waals surface area contributed by atoms with Crippen LogP contribution in [0.2, 0.25) is 0 Å². The third-order valence-electron chi connectivity index (χ3n) is 4.11. The lowest BCUT2D eigenvalue weighted by Crippen LogP contribution is -2.39. The molecule has 0 saturated carbocycles. The van der Waals surface area contributed by atoms with Gasteiger partial charge in [-0.05, 0) is 24.5 Å². The summed E-state index contributed by atoms with van der Waals surface area (Å²) in [6.45, 7) is 3.94. The number of rotatable bonds is 2. The minimum Gasteiger partial charge on any atom is -0.465 e. The monoisotopic (exact) mass is 286 g/mol. The van der Waals surface area contributed by atoms with E-state index in [4.69, 9.17) is 9.47 Å². The van der Waals surface area contributed by atoms with Crippen molar-refractivity contribution in [2.45, 2.75) is 26.7 Å². The van der Waals surface area contributed by atoms with Gasteiger partial charge in [-0.1, -0.05) is 25.1 Å². The van der Waals surface area contributed by atoms with Crippen molar-refractivity contribution in [3.8, 4) is 5.75 Å². The number of esters is 1. The summed E-state index contributed by atoms with van der Waals surface area (Å²) in [5, 5.41) is 0. The van der Waals surface area contributed by atoms with Gasteiger partial charge in [0.25, 0.3) is 0 Å². The van der Waals surface area contributed by atoms with E-state index >= 15 is 0 Å². The first-order valence-electron chi connectivity index (χ1n) is 7.30. The molecule has 1 aliphatic heterocycles. The van der Waals surface area contributed by atoms with E-state index in [9.17, 15) is 9.59 Å². The van der Waals surface area contributed by atoms with Gasteiger partial charge in [0.2, 0.25) is 0 Å². The van der Waals surface area contributed by atoms with Gasteiger partial charge in [-0.25, -0.2) is 0 Å². The molecule has 0 bridgehead atoms. The second-order valence-corrected chi connectivity index (χ2v) is 5.56. The molecule has 0 amide bonds. The lowest BCUT2D eigenvalue weighted by atomic mass is 9.76. The van der Waals surface area contributed by atoms with Crippen LogP contribution in [0.25, 0.3) is 0 Å². The smallest absolute Gasteiger partial charge is 0.317 e. The Morgan fingerprint density at radius 1 is 1.38 bits per heavy atom. The summed E-state index contributed by atoms with van der Waals surface area (Å²) in [7, 11) is 0. The highest BCUT2D eigenvalue weighted by atomic mass is 16.5. The van der Waals surface area contributed by atoms with Crippen molar-refractivity contribution in [1.82, 2.24) is 0 Å². The highest BCUT2D eigenvalue weighted by Crippen LogP contribution is 2.39. The van der Waals surface area contributed by atoms with Crippen LogP contribution < -0.4 is 4.74 Å². The number of hydrogen-bond acceptors (Lipinski definition) is 4. The Labute approximate surface area is 123 Å². The van der Waals surface area contributed by atoms with E-state index < -0.39 is 11.9 Å². The van der Waals surface area contributed by atoms with Crippen LogP contribution in [0.1, 0.15) is 25.8 Å². The summed E-state index contributed by atoms with van der Waals surface area (Å²) in [5.74, 6) is 0.174. The minimum absolute atomic E-state index is 0.0967. The Bertz CT molecular complexity index is 629. The van der Waals surface area contributed by atoms with Crippen LogP contribution >= 0.6 is 0 Å². The number of carbonyl (C=O) groups excluding carboxylic acids is 2. The number of carbonyl (C=O) groups is 2. The molecular weight excluding hydrogens is 268 g/mol. The number of para-hydroxylation sites is 1. The molecule has 1 aromatic rings. The average Bonchev–Trinajstić information content (AvgIpc) is 2.46. The Balaban J connectivity index is 1.92. The van der Waals surface area contributed by atoms with Crippen molar-refractivity contribution in [2.24, 2.45) is 11.8 Å². The van der Waals surface area contributed by atoms with Gasteiger partial charge in [0, 0.05) is 18.4 Å². The number of ether oxygens (including phenoxy) is 2. The van der Waals surface area contributed by atoms with Crippen LogP contribution in [0.15, 0.2) is 35.6 Å². The van der Waals surface area contributed by atoms with Crippen molar-refractivity contribution >= 4 is 11.8 Å². The Morgan fingerprint density at radius 2 is 2.14 bits per heavy atom. The minimum atomic E-state index is -0.697. The second-order valence-electron chi connectivity index (χ2n) is 5.56. The summed E-state index contributed by atoms with van der Waals surface area (Å²) < 4.78 is 10.9. The first-order valence-corrected chi connectivity index (χ1v) is 7.30. The van der Waals surface area contributed by atoms with E-state index in [1.165, 1.54) is 0 Å². The maximum Gasteiger partial charge on any atom is 0.317 e. The van der Waals surface area contributed by atoms with E-state index in [2.05, 4.69) is 0 Å². The van der Waals surface area contributed by atoms with Crippen LogP contribution in [-0.4, -0.2) is 18.4 Å². The number of hydrogen-bond donors (Lipinski definition) is 0. The topological polar surface area (TPSA) is 52.6 Å². The third kappa shape index (κ3) is 2.35. The van der Waals surface area contributed by atoms with Crippen molar-refractivity contribution in [3.05, 3.63) is 41.2 Å².